The van der Waals surface area contributed by atoms with E-state index in [4.69, 9.17) is 0 Å². The topological polar surface area (TPSA) is 12.9 Å². The van der Waals surface area contributed by atoms with Crippen molar-refractivity contribution in [1.82, 2.24) is 4.98 Å². The van der Waals surface area contributed by atoms with Gasteiger partial charge >= 0.3 is 0 Å². The van der Waals surface area contributed by atoms with Gasteiger partial charge in [-0.3, -0.25) is 0 Å². The molecule has 0 aliphatic rings. The average Bonchev–Trinajstić information content (AvgIpc) is 2.65. The van der Waals surface area contributed by atoms with Gasteiger partial charge in [0.1, 0.15) is 0 Å². The molecule has 0 saturated heterocycles. The van der Waals surface area contributed by atoms with Crippen LogP contribution in [0.25, 0.3) is 10.4 Å². The number of benzene rings is 1. The van der Waals surface area contributed by atoms with Crippen molar-refractivity contribution in [1.29, 1.82) is 0 Å². The van der Waals surface area contributed by atoms with Crippen molar-refractivity contribution in [3.05, 3.63) is 40.5 Å². The highest BCUT2D eigenvalue weighted by Gasteiger charge is 2.06. The standard InChI is InChI=1S/C13H15NS/c1-4-11-7-12(6-5-9(11)2)13-10(3)14-8-15-13/h5-8H,4H2,1-3H3. The van der Waals surface area contributed by atoms with Gasteiger partial charge in [0.25, 0.3) is 0 Å². The molecule has 1 heterocycles. The van der Waals surface area contributed by atoms with E-state index >= 15 is 0 Å². The summed E-state index contributed by atoms with van der Waals surface area (Å²) in [6, 6.07) is 6.68. The quantitative estimate of drug-likeness (QED) is 0.741. The van der Waals surface area contributed by atoms with Crippen LogP contribution < -0.4 is 0 Å². The van der Waals surface area contributed by atoms with Crippen LogP contribution in [0.4, 0.5) is 0 Å². The summed E-state index contributed by atoms with van der Waals surface area (Å²) in [7, 11) is 0. The van der Waals surface area contributed by atoms with E-state index in [9.17, 15) is 0 Å². The molecule has 0 N–H and O–H groups in total. The first kappa shape index (κ1) is 10.4. The number of hydrogen-bond donors (Lipinski definition) is 0. The summed E-state index contributed by atoms with van der Waals surface area (Å²) in [5, 5.41) is 0. The van der Waals surface area contributed by atoms with E-state index in [0.29, 0.717) is 0 Å². The maximum atomic E-state index is 4.29. The van der Waals surface area contributed by atoms with Gasteiger partial charge in [-0.15, -0.1) is 11.3 Å². The molecular formula is C13H15NS. The second-order valence-electron chi connectivity index (χ2n) is 3.76. The molecule has 0 atom stereocenters. The van der Waals surface area contributed by atoms with Crippen LogP contribution in [-0.2, 0) is 6.42 Å². The molecule has 0 amide bonds. The number of aryl methyl sites for hydroxylation is 3. The van der Waals surface area contributed by atoms with Crippen LogP contribution in [0.5, 0.6) is 0 Å². The lowest BCUT2D eigenvalue weighted by Gasteiger charge is -2.06. The van der Waals surface area contributed by atoms with E-state index in [1.807, 2.05) is 5.51 Å². The third-order valence-corrected chi connectivity index (χ3v) is 3.72. The third-order valence-electron chi connectivity index (χ3n) is 2.74. The van der Waals surface area contributed by atoms with Crippen molar-refractivity contribution in [3.8, 4) is 10.4 Å². The molecule has 0 aliphatic heterocycles. The summed E-state index contributed by atoms with van der Waals surface area (Å²) in [5.41, 5.74) is 7.16. The Bertz CT molecular complexity index is 471. The van der Waals surface area contributed by atoms with Gasteiger partial charge in [0.05, 0.1) is 16.1 Å². The molecule has 0 aliphatic carbocycles. The zero-order valence-corrected chi connectivity index (χ0v) is 10.2. The third kappa shape index (κ3) is 1.95. The molecule has 0 spiro atoms. The summed E-state index contributed by atoms with van der Waals surface area (Å²) in [6.07, 6.45) is 1.09. The lowest BCUT2D eigenvalue weighted by Crippen LogP contribution is -1.87. The largest absolute Gasteiger partial charge is 0.249 e. The molecule has 78 valence electrons. The molecule has 1 nitrogen and oxygen atoms in total. The molecule has 0 saturated carbocycles. The number of thiazole rings is 1. The maximum Gasteiger partial charge on any atom is 0.0801 e. The minimum absolute atomic E-state index is 1.09. The minimum Gasteiger partial charge on any atom is -0.249 e. The fourth-order valence-corrected chi connectivity index (χ4v) is 2.58. The molecule has 2 heteroatoms. The summed E-state index contributed by atoms with van der Waals surface area (Å²) >= 11 is 1.72. The molecule has 0 radical (unpaired) electrons. The SMILES string of the molecule is CCc1cc(-c2scnc2C)ccc1C. The Balaban J connectivity index is 2.51. The minimum atomic E-state index is 1.09. The van der Waals surface area contributed by atoms with E-state index < -0.39 is 0 Å². The van der Waals surface area contributed by atoms with E-state index in [1.54, 1.807) is 11.3 Å². The average molecular weight is 217 g/mol. The fraction of sp³-hybridized carbons (Fsp3) is 0.308. The van der Waals surface area contributed by atoms with Crippen LogP contribution in [0.15, 0.2) is 23.7 Å². The van der Waals surface area contributed by atoms with Crippen molar-refractivity contribution >= 4 is 11.3 Å². The predicted octanol–water partition coefficient (Wildman–Crippen LogP) is 3.99. The van der Waals surface area contributed by atoms with E-state index in [1.165, 1.54) is 21.6 Å². The first-order chi connectivity index (χ1) is 7.22. The smallest absolute Gasteiger partial charge is 0.0801 e. The van der Waals surface area contributed by atoms with Crippen LogP contribution in [-0.4, -0.2) is 4.98 Å². The fourth-order valence-electron chi connectivity index (χ4n) is 1.77. The van der Waals surface area contributed by atoms with E-state index in [-0.39, 0.29) is 0 Å². The Morgan fingerprint density at radius 1 is 1.27 bits per heavy atom. The van der Waals surface area contributed by atoms with Gasteiger partial charge in [0.15, 0.2) is 0 Å². The van der Waals surface area contributed by atoms with Gasteiger partial charge in [-0.05, 0) is 37.0 Å². The van der Waals surface area contributed by atoms with Crippen LogP contribution in [0.2, 0.25) is 0 Å². The molecule has 2 aromatic rings. The van der Waals surface area contributed by atoms with Crippen molar-refractivity contribution in [2.24, 2.45) is 0 Å². The Morgan fingerprint density at radius 2 is 2.07 bits per heavy atom. The molecule has 15 heavy (non-hydrogen) atoms. The van der Waals surface area contributed by atoms with Crippen molar-refractivity contribution in [2.45, 2.75) is 27.2 Å². The number of hydrogen-bond acceptors (Lipinski definition) is 2. The number of rotatable bonds is 2. The predicted molar refractivity (Wildman–Crippen MR) is 66.4 cm³/mol. The maximum absolute atomic E-state index is 4.29. The molecule has 1 aromatic carbocycles. The van der Waals surface area contributed by atoms with Crippen molar-refractivity contribution in [3.63, 3.8) is 0 Å². The van der Waals surface area contributed by atoms with Crippen molar-refractivity contribution in [2.75, 3.05) is 0 Å². The van der Waals surface area contributed by atoms with Gasteiger partial charge < -0.3 is 0 Å². The van der Waals surface area contributed by atoms with Crippen LogP contribution in [0.1, 0.15) is 23.7 Å². The summed E-state index contributed by atoms with van der Waals surface area (Å²) in [4.78, 5) is 5.59. The monoisotopic (exact) mass is 217 g/mol. The van der Waals surface area contributed by atoms with E-state index in [0.717, 1.165) is 12.1 Å². The number of aromatic nitrogens is 1. The van der Waals surface area contributed by atoms with Crippen LogP contribution >= 0.6 is 11.3 Å². The van der Waals surface area contributed by atoms with Crippen molar-refractivity contribution < 1.29 is 0 Å². The molecule has 0 unspecified atom stereocenters. The van der Waals surface area contributed by atoms with Gasteiger partial charge in [0.2, 0.25) is 0 Å². The molecule has 2 rings (SSSR count). The lowest BCUT2D eigenvalue weighted by molar-refractivity contribution is 1.11. The first-order valence-electron chi connectivity index (χ1n) is 5.22. The van der Waals surface area contributed by atoms with Crippen LogP contribution in [0.3, 0.4) is 0 Å². The van der Waals surface area contributed by atoms with E-state index in [2.05, 4.69) is 44.0 Å². The van der Waals surface area contributed by atoms with Gasteiger partial charge in [-0.25, -0.2) is 4.98 Å². The molecule has 0 fully saturated rings. The first-order valence-corrected chi connectivity index (χ1v) is 6.10. The Morgan fingerprint density at radius 3 is 2.67 bits per heavy atom. The zero-order chi connectivity index (χ0) is 10.8. The molecule has 1 aromatic heterocycles. The Hall–Kier alpha value is -1.15. The highest BCUT2D eigenvalue weighted by molar-refractivity contribution is 7.13. The second kappa shape index (κ2) is 4.15. The zero-order valence-electron chi connectivity index (χ0n) is 9.37. The Labute approximate surface area is 94.8 Å². The normalized spacial score (nSPS) is 10.6. The van der Waals surface area contributed by atoms with Gasteiger partial charge in [-0.1, -0.05) is 25.1 Å². The number of nitrogens with zero attached hydrogens (tertiary/aromatic N) is 1. The summed E-state index contributed by atoms with van der Waals surface area (Å²) in [6.45, 7) is 6.44. The van der Waals surface area contributed by atoms with Gasteiger partial charge in [-0.2, -0.15) is 0 Å². The Kier molecular flexibility index (Phi) is 2.87. The highest BCUT2D eigenvalue weighted by atomic mass is 32.1. The summed E-state index contributed by atoms with van der Waals surface area (Å²) < 4.78 is 0. The lowest BCUT2D eigenvalue weighted by atomic mass is 10.0. The van der Waals surface area contributed by atoms with Crippen LogP contribution in [0, 0.1) is 13.8 Å². The van der Waals surface area contributed by atoms with Gasteiger partial charge in [0, 0.05) is 0 Å². The molecule has 0 bridgehead atoms. The molecular weight excluding hydrogens is 202 g/mol. The highest BCUT2D eigenvalue weighted by Crippen LogP contribution is 2.28. The summed E-state index contributed by atoms with van der Waals surface area (Å²) in [5.74, 6) is 0. The second-order valence-corrected chi connectivity index (χ2v) is 4.62.